The van der Waals surface area contributed by atoms with Crippen LogP contribution in [-0.4, -0.2) is 30.3 Å². The van der Waals surface area contributed by atoms with Gasteiger partial charge in [-0.1, -0.05) is 6.42 Å². The van der Waals surface area contributed by atoms with Gasteiger partial charge in [0.2, 0.25) is 0 Å². The molecule has 0 amide bonds. The summed E-state index contributed by atoms with van der Waals surface area (Å²) in [6, 6.07) is 0. The van der Waals surface area contributed by atoms with Crippen LogP contribution in [0, 0.1) is 0 Å². The van der Waals surface area contributed by atoms with Gasteiger partial charge < -0.3 is 9.64 Å². The fourth-order valence-corrected chi connectivity index (χ4v) is 1.57. The van der Waals surface area contributed by atoms with E-state index >= 15 is 0 Å². The van der Waals surface area contributed by atoms with Gasteiger partial charge in [0.1, 0.15) is 6.10 Å². The van der Waals surface area contributed by atoms with Gasteiger partial charge in [-0.3, -0.25) is 0 Å². The van der Waals surface area contributed by atoms with Gasteiger partial charge >= 0.3 is 0 Å². The minimum Gasteiger partial charge on any atom is -0.468 e. The van der Waals surface area contributed by atoms with Crippen molar-refractivity contribution in [1.29, 1.82) is 0 Å². The molecule has 70 valence electrons. The van der Waals surface area contributed by atoms with Crippen molar-refractivity contribution in [2.24, 2.45) is 0 Å². The van der Waals surface area contributed by atoms with Crippen LogP contribution in [0.3, 0.4) is 0 Å². The first-order valence-corrected chi connectivity index (χ1v) is 4.99. The second-order valence-electron chi connectivity index (χ2n) is 3.54. The largest absolute Gasteiger partial charge is 0.468 e. The van der Waals surface area contributed by atoms with Crippen molar-refractivity contribution < 1.29 is 4.74 Å². The first-order chi connectivity index (χ1) is 5.70. The van der Waals surface area contributed by atoms with E-state index in [1.54, 1.807) is 0 Å². The molecule has 0 atom stereocenters. The molecule has 0 unspecified atom stereocenters. The molecular weight excluding hydrogens is 170 g/mol. The average Bonchev–Trinajstić information content (AvgIpc) is 2.06. The third-order valence-corrected chi connectivity index (χ3v) is 2.65. The molecule has 3 heteroatoms. The summed E-state index contributed by atoms with van der Waals surface area (Å²) in [6.45, 7) is 0. The lowest BCUT2D eigenvalue weighted by atomic mass is 9.98. The van der Waals surface area contributed by atoms with E-state index < -0.39 is 0 Å². The third-order valence-electron chi connectivity index (χ3n) is 2.18. The van der Waals surface area contributed by atoms with Gasteiger partial charge in [0, 0.05) is 14.1 Å². The molecule has 0 heterocycles. The lowest BCUT2D eigenvalue weighted by Gasteiger charge is -2.25. The van der Waals surface area contributed by atoms with E-state index in [1.807, 2.05) is 19.0 Å². The minimum absolute atomic E-state index is 0.383. The Morgan fingerprint density at radius 1 is 1.25 bits per heavy atom. The Bertz CT molecular complexity index is 153. The molecule has 1 saturated carbocycles. The van der Waals surface area contributed by atoms with Gasteiger partial charge in [-0.05, 0) is 37.9 Å². The molecule has 0 aliphatic heterocycles. The Morgan fingerprint density at radius 2 is 1.83 bits per heavy atom. The maximum Gasteiger partial charge on any atom is 0.259 e. The summed E-state index contributed by atoms with van der Waals surface area (Å²) < 4.78 is 5.61. The minimum atomic E-state index is 0.383. The van der Waals surface area contributed by atoms with E-state index in [4.69, 9.17) is 17.0 Å². The summed E-state index contributed by atoms with van der Waals surface area (Å²) >= 11 is 5.06. The second-order valence-corrected chi connectivity index (χ2v) is 3.89. The first-order valence-electron chi connectivity index (χ1n) is 4.58. The lowest BCUT2D eigenvalue weighted by molar-refractivity contribution is 0.128. The quantitative estimate of drug-likeness (QED) is 0.584. The van der Waals surface area contributed by atoms with Crippen LogP contribution in [0.1, 0.15) is 32.1 Å². The summed E-state index contributed by atoms with van der Waals surface area (Å²) in [5.41, 5.74) is 0. The topological polar surface area (TPSA) is 12.5 Å². The van der Waals surface area contributed by atoms with Crippen LogP contribution < -0.4 is 0 Å². The van der Waals surface area contributed by atoms with Crippen LogP contribution in [0.4, 0.5) is 0 Å². The average molecular weight is 187 g/mol. The Morgan fingerprint density at radius 3 is 2.33 bits per heavy atom. The van der Waals surface area contributed by atoms with E-state index in [9.17, 15) is 0 Å². The molecule has 0 spiro atoms. The molecule has 1 rings (SSSR count). The van der Waals surface area contributed by atoms with E-state index in [0.717, 1.165) is 0 Å². The van der Waals surface area contributed by atoms with E-state index in [1.165, 1.54) is 32.1 Å². The fourth-order valence-electron chi connectivity index (χ4n) is 1.43. The lowest BCUT2D eigenvalue weighted by Crippen LogP contribution is -2.28. The van der Waals surface area contributed by atoms with Gasteiger partial charge in [-0.25, -0.2) is 0 Å². The van der Waals surface area contributed by atoms with Crippen LogP contribution in [0.2, 0.25) is 0 Å². The van der Waals surface area contributed by atoms with Gasteiger partial charge in [0.15, 0.2) is 0 Å². The zero-order chi connectivity index (χ0) is 8.97. The molecule has 1 aliphatic carbocycles. The molecule has 12 heavy (non-hydrogen) atoms. The van der Waals surface area contributed by atoms with Gasteiger partial charge in [-0.2, -0.15) is 0 Å². The van der Waals surface area contributed by atoms with E-state index in [2.05, 4.69) is 0 Å². The Hall–Kier alpha value is -0.310. The molecule has 1 aliphatic rings. The van der Waals surface area contributed by atoms with Crippen LogP contribution in [0.5, 0.6) is 0 Å². The highest BCUT2D eigenvalue weighted by Gasteiger charge is 2.16. The maximum absolute atomic E-state index is 5.61. The zero-order valence-corrected chi connectivity index (χ0v) is 8.69. The summed E-state index contributed by atoms with van der Waals surface area (Å²) in [4.78, 5) is 1.85. The van der Waals surface area contributed by atoms with E-state index in [-0.39, 0.29) is 0 Å². The Kier molecular flexibility index (Phi) is 3.79. The van der Waals surface area contributed by atoms with Gasteiger partial charge in [0.05, 0.1) is 0 Å². The number of hydrogen-bond acceptors (Lipinski definition) is 2. The SMILES string of the molecule is CN(C)C(=S)OC1CCCCC1. The van der Waals surface area contributed by atoms with Gasteiger partial charge in [0.25, 0.3) is 5.17 Å². The maximum atomic E-state index is 5.61. The Labute approximate surface area is 79.9 Å². The number of thiocarbonyl (C=S) groups is 1. The molecule has 0 N–H and O–H groups in total. The van der Waals surface area contributed by atoms with Crippen LogP contribution in [0.15, 0.2) is 0 Å². The molecule has 0 radical (unpaired) electrons. The molecule has 1 fully saturated rings. The van der Waals surface area contributed by atoms with Crippen molar-refractivity contribution in [3.8, 4) is 0 Å². The number of nitrogens with zero attached hydrogens (tertiary/aromatic N) is 1. The first kappa shape index (κ1) is 9.78. The summed E-state index contributed by atoms with van der Waals surface area (Å²) in [5, 5.41) is 0.627. The van der Waals surface area contributed by atoms with Crippen molar-refractivity contribution >= 4 is 17.4 Å². The predicted molar refractivity (Wildman–Crippen MR) is 54.2 cm³/mol. The molecule has 0 aromatic rings. The van der Waals surface area contributed by atoms with Crippen LogP contribution in [0.25, 0.3) is 0 Å². The van der Waals surface area contributed by atoms with Crippen molar-refractivity contribution in [3.63, 3.8) is 0 Å². The summed E-state index contributed by atoms with van der Waals surface area (Å²) in [5.74, 6) is 0. The highest BCUT2D eigenvalue weighted by molar-refractivity contribution is 7.80. The summed E-state index contributed by atoms with van der Waals surface area (Å²) in [6.07, 6.45) is 6.67. The zero-order valence-electron chi connectivity index (χ0n) is 7.88. The number of hydrogen-bond donors (Lipinski definition) is 0. The smallest absolute Gasteiger partial charge is 0.259 e. The van der Waals surface area contributed by atoms with Gasteiger partial charge in [-0.15, -0.1) is 0 Å². The molecule has 0 aromatic heterocycles. The Balaban J connectivity index is 2.24. The number of ether oxygens (including phenoxy) is 1. The fraction of sp³-hybridized carbons (Fsp3) is 0.889. The number of rotatable bonds is 1. The van der Waals surface area contributed by atoms with Crippen molar-refractivity contribution in [3.05, 3.63) is 0 Å². The van der Waals surface area contributed by atoms with E-state index in [0.29, 0.717) is 11.3 Å². The van der Waals surface area contributed by atoms with Crippen molar-refractivity contribution in [2.75, 3.05) is 14.1 Å². The van der Waals surface area contributed by atoms with Crippen LogP contribution >= 0.6 is 12.2 Å². The van der Waals surface area contributed by atoms with Crippen molar-refractivity contribution in [1.82, 2.24) is 4.90 Å². The molecular formula is C9H17NOS. The van der Waals surface area contributed by atoms with Crippen LogP contribution in [-0.2, 0) is 4.74 Å². The summed E-state index contributed by atoms with van der Waals surface area (Å²) in [7, 11) is 3.84. The second kappa shape index (κ2) is 4.65. The predicted octanol–water partition coefficient (Wildman–Crippen LogP) is 2.18. The molecule has 2 nitrogen and oxygen atoms in total. The normalized spacial score (nSPS) is 18.8. The third kappa shape index (κ3) is 2.97. The van der Waals surface area contributed by atoms with Crippen molar-refractivity contribution in [2.45, 2.75) is 38.2 Å². The standard InChI is InChI=1S/C9H17NOS/c1-10(2)9(12)11-8-6-4-3-5-7-8/h8H,3-7H2,1-2H3. The highest BCUT2D eigenvalue weighted by atomic mass is 32.1. The monoisotopic (exact) mass is 187 g/mol. The molecule has 0 bridgehead atoms. The molecule has 0 saturated heterocycles. The molecule has 0 aromatic carbocycles. The highest BCUT2D eigenvalue weighted by Crippen LogP contribution is 2.20.